The molecule has 6 nitrogen and oxygen atoms in total. The molecule has 2 aliphatic heterocycles. The predicted molar refractivity (Wildman–Crippen MR) is 96.2 cm³/mol. The molecule has 1 unspecified atom stereocenters. The Kier molecular flexibility index (Phi) is 6.43. The molecule has 3 rings (SSSR count). The zero-order valence-corrected chi connectivity index (χ0v) is 15.5. The van der Waals surface area contributed by atoms with Crippen LogP contribution in [-0.2, 0) is 9.59 Å². The van der Waals surface area contributed by atoms with Gasteiger partial charge < -0.3 is 19.1 Å². The van der Waals surface area contributed by atoms with E-state index in [1.165, 1.54) is 23.5 Å². The summed E-state index contributed by atoms with van der Waals surface area (Å²) in [7, 11) is 0. The van der Waals surface area contributed by atoms with E-state index >= 15 is 0 Å². The van der Waals surface area contributed by atoms with Gasteiger partial charge in [0.2, 0.25) is 11.8 Å². The van der Waals surface area contributed by atoms with Crippen LogP contribution >= 0.6 is 0 Å². The van der Waals surface area contributed by atoms with Crippen molar-refractivity contribution >= 4 is 17.9 Å². The van der Waals surface area contributed by atoms with E-state index in [1.54, 1.807) is 17.0 Å². The molecule has 0 aliphatic carbocycles. The zero-order chi connectivity index (χ0) is 20.1. The van der Waals surface area contributed by atoms with E-state index in [-0.39, 0.29) is 25.5 Å². The fraction of sp³-hybridized carbons (Fsp3) is 0.579. The Morgan fingerprint density at radius 2 is 1.93 bits per heavy atom. The van der Waals surface area contributed by atoms with Crippen LogP contribution in [0.15, 0.2) is 29.1 Å². The predicted octanol–water partition coefficient (Wildman–Crippen LogP) is 2.38. The second kappa shape index (κ2) is 8.81. The molecular formula is C19H24F3N3O3. The van der Waals surface area contributed by atoms with Crippen molar-refractivity contribution in [3.05, 3.63) is 30.2 Å². The SMILES string of the molecule is O=C(/C=C/c1ccoc1)N1CCN(C(=O)CC(F)(F)F)C(CN2CCCC2)C1. The van der Waals surface area contributed by atoms with Gasteiger partial charge in [-0.2, -0.15) is 13.2 Å². The maximum absolute atomic E-state index is 12.7. The van der Waals surface area contributed by atoms with Crippen LogP contribution < -0.4 is 0 Å². The largest absolute Gasteiger partial charge is 0.472 e. The van der Waals surface area contributed by atoms with E-state index < -0.39 is 24.5 Å². The highest BCUT2D eigenvalue weighted by molar-refractivity contribution is 5.92. The van der Waals surface area contributed by atoms with Gasteiger partial charge in [0.25, 0.3) is 0 Å². The standard InChI is InChI=1S/C19H24F3N3O3/c20-19(21,22)11-18(27)25-9-8-24(13-16(25)12-23-6-1-2-7-23)17(26)4-3-15-5-10-28-14-15/h3-5,10,14,16H,1-2,6-9,11-13H2/b4-3+. The number of piperazine rings is 1. The minimum absolute atomic E-state index is 0.110. The van der Waals surface area contributed by atoms with E-state index in [9.17, 15) is 22.8 Å². The maximum Gasteiger partial charge on any atom is 0.397 e. The lowest BCUT2D eigenvalue weighted by Crippen LogP contribution is -2.59. The van der Waals surface area contributed by atoms with Gasteiger partial charge in [0.05, 0.1) is 18.6 Å². The summed E-state index contributed by atoms with van der Waals surface area (Å²) in [5.74, 6) is -1.15. The number of carbonyl (C=O) groups is 2. The number of halogens is 3. The molecule has 0 bridgehead atoms. The van der Waals surface area contributed by atoms with Crippen LogP contribution in [0.3, 0.4) is 0 Å². The Bertz CT molecular complexity index is 697. The lowest BCUT2D eigenvalue weighted by Gasteiger charge is -2.42. The van der Waals surface area contributed by atoms with Crippen LogP contribution in [0.1, 0.15) is 24.8 Å². The average molecular weight is 399 g/mol. The van der Waals surface area contributed by atoms with Gasteiger partial charge in [0.15, 0.2) is 0 Å². The zero-order valence-electron chi connectivity index (χ0n) is 15.5. The molecule has 28 heavy (non-hydrogen) atoms. The molecule has 2 saturated heterocycles. The number of likely N-dealkylation sites (tertiary alicyclic amines) is 1. The van der Waals surface area contributed by atoms with Gasteiger partial charge in [0.1, 0.15) is 6.42 Å². The van der Waals surface area contributed by atoms with Gasteiger partial charge in [-0.3, -0.25) is 9.59 Å². The van der Waals surface area contributed by atoms with Gasteiger partial charge in [-0.05, 0) is 38.1 Å². The molecule has 3 heterocycles. The van der Waals surface area contributed by atoms with E-state index in [2.05, 4.69) is 4.90 Å². The molecule has 154 valence electrons. The number of nitrogens with zero attached hydrogens (tertiary/aromatic N) is 3. The highest BCUT2D eigenvalue weighted by Gasteiger charge is 2.39. The van der Waals surface area contributed by atoms with Crippen molar-refractivity contribution in [1.29, 1.82) is 0 Å². The molecule has 0 spiro atoms. The Morgan fingerprint density at radius 3 is 2.57 bits per heavy atom. The molecule has 1 atom stereocenters. The summed E-state index contributed by atoms with van der Waals surface area (Å²) < 4.78 is 43.0. The number of hydrogen-bond acceptors (Lipinski definition) is 4. The molecule has 0 radical (unpaired) electrons. The van der Waals surface area contributed by atoms with E-state index in [0.29, 0.717) is 6.54 Å². The third kappa shape index (κ3) is 5.60. The molecule has 1 aromatic rings. The van der Waals surface area contributed by atoms with Gasteiger partial charge >= 0.3 is 6.18 Å². The molecule has 1 aromatic heterocycles. The Morgan fingerprint density at radius 1 is 1.18 bits per heavy atom. The van der Waals surface area contributed by atoms with Gasteiger partial charge in [-0.25, -0.2) is 0 Å². The highest BCUT2D eigenvalue weighted by Crippen LogP contribution is 2.23. The summed E-state index contributed by atoms with van der Waals surface area (Å²) in [6.45, 7) is 2.78. The summed E-state index contributed by atoms with van der Waals surface area (Å²) >= 11 is 0. The van der Waals surface area contributed by atoms with Crippen LogP contribution in [0.5, 0.6) is 0 Å². The number of hydrogen-bond donors (Lipinski definition) is 0. The first kappa shape index (κ1) is 20.4. The first-order chi connectivity index (χ1) is 13.3. The molecular weight excluding hydrogens is 375 g/mol. The third-order valence-electron chi connectivity index (χ3n) is 5.10. The van der Waals surface area contributed by atoms with E-state index in [4.69, 9.17) is 4.42 Å². The minimum Gasteiger partial charge on any atom is -0.472 e. The number of furan rings is 1. The smallest absolute Gasteiger partial charge is 0.397 e. The topological polar surface area (TPSA) is 57.0 Å². The summed E-state index contributed by atoms with van der Waals surface area (Å²) in [4.78, 5) is 29.7. The Labute approximate surface area is 161 Å². The van der Waals surface area contributed by atoms with E-state index in [1.807, 2.05) is 0 Å². The minimum atomic E-state index is -4.53. The van der Waals surface area contributed by atoms with Crippen molar-refractivity contribution in [2.24, 2.45) is 0 Å². The molecule has 2 aliphatic rings. The quantitative estimate of drug-likeness (QED) is 0.714. The number of amides is 2. The second-order valence-corrected chi connectivity index (χ2v) is 7.21. The number of carbonyl (C=O) groups excluding carboxylic acids is 2. The fourth-order valence-electron chi connectivity index (χ4n) is 3.72. The van der Waals surface area contributed by atoms with Crippen LogP contribution in [0.2, 0.25) is 0 Å². The van der Waals surface area contributed by atoms with Crippen molar-refractivity contribution < 1.29 is 27.2 Å². The number of alkyl halides is 3. The van der Waals surface area contributed by atoms with Crippen LogP contribution in [0, 0.1) is 0 Å². The fourth-order valence-corrected chi connectivity index (χ4v) is 3.72. The van der Waals surface area contributed by atoms with Crippen LogP contribution in [0.4, 0.5) is 13.2 Å². The van der Waals surface area contributed by atoms with Crippen molar-refractivity contribution in [1.82, 2.24) is 14.7 Å². The summed E-state index contributed by atoms with van der Waals surface area (Å²) in [5.41, 5.74) is 0.751. The monoisotopic (exact) mass is 399 g/mol. The lowest BCUT2D eigenvalue weighted by molar-refractivity contribution is -0.166. The molecule has 0 saturated carbocycles. The number of rotatable bonds is 5. The summed E-state index contributed by atoms with van der Waals surface area (Å²) in [6, 6.07) is 1.28. The van der Waals surface area contributed by atoms with Gasteiger partial charge in [-0.15, -0.1) is 0 Å². The first-order valence-electron chi connectivity index (χ1n) is 9.39. The molecule has 2 fully saturated rings. The lowest BCUT2D eigenvalue weighted by atomic mass is 10.1. The van der Waals surface area contributed by atoms with Crippen molar-refractivity contribution in [2.45, 2.75) is 31.5 Å². The summed E-state index contributed by atoms with van der Waals surface area (Å²) in [6.07, 6.45) is 2.15. The third-order valence-corrected chi connectivity index (χ3v) is 5.10. The van der Waals surface area contributed by atoms with Gasteiger partial charge in [0, 0.05) is 37.8 Å². The molecule has 9 heteroatoms. The highest BCUT2D eigenvalue weighted by atomic mass is 19.4. The molecule has 0 N–H and O–H groups in total. The second-order valence-electron chi connectivity index (χ2n) is 7.21. The van der Waals surface area contributed by atoms with E-state index in [0.717, 1.165) is 31.5 Å². The average Bonchev–Trinajstić information content (AvgIpc) is 3.32. The van der Waals surface area contributed by atoms with Crippen molar-refractivity contribution in [3.63, 3.8) is 0 Å². The molecule has 0 aromatic carbocycles. The normalized spacial score (nSPS) is 21.6. The van der Waals surface area contributed by atoms with Crippen LogP contribution in [0.25, 0.3) is 6.08 Å². The summed E-state index contributed by atoms with van der Waals surface area (Å²) in [5, 5.41) is 0. The Hall–Kier alpha value is -2.29. The maximum atomic E-state index is 12.7. The first-order valence-corrected chi connectivity index (χ1v) is 9.39. The molecule has 2 amide bonds. The Balaban J connectivity index is 1.66. The van der Waals surface area contributed by atoms with Crippen LogP contribution in [-0.4, -0.2) is 78.0 Å². The van der Waals surface area contributed by atoms with Crippen molar-refractivity contribution in [2.75, 3.05) is 39.3 Å². The van der Waals surface area contributed by atoms with Crippen molar-refractivity contribution in [3.8, 4) is 0 Å². The van der Waals surface area contributed by atoms with Gasteiger partial charge in [-0.1, -0.05) is 0 Å².